The lowest BCUT2D eigenvalue weighted by molar-refractivity contribution is -0.118. The first-order valence-corrected chi connectivity index (χ1v) is 5.48. The molecule has 0 saturated carbocycles. The second kappa shape index (κ2) is 8.24. The molecule has 0 N–H and O–H groups in total. The quantitative estimate of drug-likeness (QED) is 0.579. The lowest BCUT2D eigenvalue weighted by Gasteiger charge is -2.18. The fraction of sp³-hybridized carbons (Fsp3) is 0.909. The predicted octanol–water partition coefficient (Wildman–Crippen LogP) is 2.48. The van der Waals surface area contributed by atoms with Gasteiger partial charge in [0.2, 0.25) is 0 Å². The lowest BCUT2D eigenvalue weighted by Crippen LogP contribution is -2.25. The molecule has 0 spiro atoms. The van der Waals surface area contributed by atoms with Crippen molar-refractivity contribution in [3.63, 3.8) is 0 Å². The highest BCUT2D eigenvalue weighted by molar-refractivity contribution is 5.77. The molecule has 0 radical (unpaired) electrons. The van der Waals surface area contributed by atoms with Crippen molar-refractivity contribution >= 4 is 5.78 Å². The molecule has 0 amide bonds. The van der Waals surface area contributed by atoms with Gasteiger partial charge < -0.3 is 4.90 Å². The molecule has 0 aliphatic heterocycles. The van der Waals surface area contributed by atoms with Gasteiger partial charge in [-0.1, -0.05) is 20.8 Å². The third-order valence-corrected chi connectivity index (χ3v) is 2.31. The van der Waals surface area contributed by atoms with Gasteiger partial charge in [0.25, 0.3) is 0 Å². The molecule has 0 atom stereocenters. The zero-order chi connectivity index (χ0) is 10.1. The van der Waals surface area contributed by atoms with Gasteiger partial charge >= 0.3 is 0 Å². The van der Waals surface area contributed by atoms with Crippen LogP contribution in [0.5, 0.6) is 0 Å². The fourth-order valence-electron chi connectivity index (χ4n) is 1.42. The summed E-state index contributed by atoms with van der Waals surface area (Å²) in [7, 11) is 0. The van der Waals surface area contributed by atoms with E-state index in [-0.39, 0.29) is 0 Å². The second-order valence-corrected chi connectivity index (χ2v) is 3.43. The van der Waals surface area contributed by atoms with Crippen LogP contribution >= 0.6 is 0 Å². The average Bonchev–Trinajstić information content (AvgIpc) is 2.16. The van der Waals surface area contributed by atoms with Gasteiger partial charge in [-0.3, -0.25) is 4.79 Å². The molecular formula is C11H23NO. The third kappa shape index (κ3) is 6.76. The number of carbonyl (C=O) groups excluding carboxylic acids is 1. The lowest BCUT2D eigenvalue weighted by atomic mass is 10.2. The number of hydrogen-bond donors (Lipinski definition) is 0. The third-order valence-electron chi connectivity index (χ3n) is 2.31. The van der Waals surface area contributed by atoms with Crippen LogP contribution in [0.25, 0.3) is 0 Å². The number of hydrogen-bond acceptors (Lipinski definition) is 2. The molecule has 0 bridgehead atoms. The van der Waals surface area contributed by atoms with Crippen LogP contribution in [0.1, 0.15) is 46.5 Å². The number of carbonyl (C=O) groups is 1. The molecule has 2 heteroatoms. The highest BCUT2D eigenvalue weighted by Crippen LogP contribution is 1.99. The summed E-state index contributed by atoms with van der Waals surface area (Å²) in [5.74, 6) is 0.396. The van der Waals surface area contributed by atoms with Gasteiger partial charge in [-0.25, -0.2) is 0 Å². The predicted molar refractivity (Wildman–Crippen MR) is 56.9 cm³/mol. The molecule has 0 unspecified atom stereocenters. The number of Topliss-reactive ketones (excluding diaryl/α,β-unsaturated/α-hetero) is 1. The molecule has 0 saturated heterocycles. The topological polar surface area (TPSA) is 20.3 Å². The summed E-state index contributed by atoms with van der Waals surface area (Å²) >= 11 is 0. The Balaban J connectivity index is 3.42. The Bertz CT molecular complexity index is 134. The Morgan fingerprint density at radius 1 is 1.15 bits per heavy atom. The van der Waals surface area contributed by atoms with E-state index in [9.17, 15) is 4.79 Å². The summed E-state index contributed by atoms with van der Waals surface area (Å²) in [6, 6.07) is 0. The molecule has 0 aromatic rings. The monoisotopic (exact) mass is 185 g/mol. The number of ketones is 1. The zero-order valence-corrected chi connectivity index (χ0v) is 9.31. The Hall–Kier alpha value is -0.370. The first kappa shape index (κ1) is 12.6. The second-order valence-electron chi connectivity index (χ2n) is 3.43. The van der Waals surface area contributed by atoms with Crippen LogP contribution in [-0.2, 0) is 4.79 Å². The van der Waals surface area contributed by atoms with Crippen molar-refractivity contribution in [1.82, 2.24) is 4.90 Å². The van der Waals surface area contributed by atoms with E-state index < -0.39 is 0 Å². The Morgan fingerprint density at radius 2 is 1.85 bits per heavy atom. The molecule has 0 heterocycles. The largest absolute Gasteiger partial charge is 0.304 e. The van der Waals surface area contributed by atoms with E-state index in [0.717, 1.165) is 32.5 Å². The van der Waals surface area contributed by atoms with E-state index in [1.54, 1.807) is 0 Å². The zero-order valence-electron chi connectivity index (χ0n) is 9.31. The molecule has 0 aromatic carbocycles. The summed E-state index contributed by atoms with van der Waals surface area (Å²) < 4.78 is 0. The van der Waals surface area contributed by atoms with E-state index in [1.165, 1.54) is 6.42 Å². The van der Waals surface area contributed by atoms with Crippen molar-refractivity contribution in [3.05, 3.63) is 0 Å². The summed E-state index contributed by atoms with van der Waals surface area (Å²) in [6.45, 7) is 9.66. The Kier molecular flexibility index (Phi) is 8.00. The van der Waals surface area contributed by atoms with Crippen LogP contribution in [-0.4, -0.2) is 30.3 Å². The fourth-order valence-corrected chi connectivity index (χ4v) is 1.42. The van der Waals surface area contributed by atoms with E-state index in [1.807, 2.05) is 6.92 Å². The first-order valence-electron chi connectivity index (χ1n) is 5.48. The molecule has 0 aromatic heterocycles. The average molecular weight is 185 g/mol. The van der Waals surface area contributed by atoms with Gasteiger partial charge in [0.1, 0.15) is 5.78 Å². The van der Waals surface area contributed by atoms with Gasteiger partial charge in [-0.2, -0.15) is 0 Å². The van der Waals surface area contributed by atoms with E-state index >= 15 is 0 Å². The van der Waals surface area contributed by atoms with Gasteiger partial charge in [-0.15, -0.1) is 0 Å². The highest BCUT2D eigenvalue weighted by atomic mass is 16.1. The van der Waals surface area contributed by atoms with Crippen LogP contribution in [0.4, 0.5) is 0 Å². The van der Waals surface area contributed by atoms with Gasteiger partial charge in [-0.05, 0) is 32.5 Å². The summed E-state index contributed by atoms with van der Waals surface area (Å²) in [4.78, 5) is 13.4. The van der Waals surface area contributed by atoms with Crippen molar-refractivity contribution in [1.29, 1.82) is 0 Å². The maximum absolute atomic E-state index is 11.0. The van der Waals surface area contributed by atoms with E-state index in [2.05, 4.69) is 18.7 Å². The Labute approximate surface area is 82.3 Å². The molecule has 0 rings (SSSR count). The van der Waals surface area contributed by atoms with Gasteiger partial charge in [0, 0.05) is 12.8 Å². The van der Waals surface area contributed by atoms with Crippen molar-refractivity contribution in [2.45, 2.75) is 46.5 Å². The summed E-state index contributed by atoms with van der Waals surface area (Å²) in [6.07, 6.45) is 3.69. The molecule has 0 aliphatic rings. The van der Waals surface area contributed by atoms with Crippen molar-refractivity contribution in [2.24, 2.45) is 0 Å². The molecule has 0 fully saturated rings. The number of nitrogens with zero attached hydrogens (tertiary/aromatic N) is 1. The molecular weight excluding hydrogens is 162 g/mol. The maximum Gasteiger partial charge on any atom is 0.132 e. The van der Waals surface area contributed by atoms with Crippen LogP contribution in [0, 0.1) is 0 Å². The summed E-state index contributed by atoms with van der Waals surface area (Å²) in [5, 5.41) is 0. The van der Waals surface area contributed by atoms with Crippen LogP contribution in [0.2, 0.25) is 0 Å². The summed E-state index contributed by atoms with van der Waals surface area (Å²) in [5.41, 5.74) is 0. The number of rotatable bonds is 8. The molecule has 78 valence electrons. The van der Waals surface area contributed by atoms with Crippen molar-refractivity contribution in [3.8, 4) is 0 Å². The standard InChI is InChI=1S/C11H23NO/c1-4-9-12(6-3)10-7-8-11(13)5-2/h4-10H2,1-3H3. The maximum atomic E-state index is 11.0. The SMILES string of the molecule is CCCN(CC)CCCC(=O)CC. The van der Waals surface area contributed by atoms with E-state index in [0.29, 0.717) is 12.2 Å². The van der Waals surface area contributed by atoms with Crippen LogP contribution in [0.15, 0.2) is 0 Å². The Morgan fingerprint density at radius 3 is 2.31 bits per heavy atom. The highest BCUT2D eigenvalue weighted by Gasteiger charge is 2.02. The normalized spacial score (nSPS) is 10.8. The smallest absolute Gasteiger partial charge is 0.132 e. The van der Waals surface area contributed by atoms with Crippen molar-refractivity contribution in [2.75, 3.05) is 19.6 Å². The minimum atomic E-state index is 0.396. The van der Waals surface area contributed by atoms with Gasteiger partial charge in [0.05, 0.1) is 0 Å². The molecule has 13 heavy (non-hydrogen) atoms. The van der Waals surface area contributed by atoms with Crippen LogP contribution in [0.3, 0.4) is 0 Å². The minimum Gasteiger partial charge on any atom is -0.304 e. The minimum absolute atomic E-state index is 0.396. The van der Waals surface area contributed by atoms with Gasteiger partial charge in [0.15, 0.2) is 0 Å². The molecule has 2 nitrogen and oxygen atoms in total. The first-order chi connectivity index (χ1) is 6.24. The molecule has 0 aliphatic carbocycles. The van der Waals surface area contributed by atoms with Crippen molar-refractivity contribution < 1.29 is 4.79 Å². The van der Waals surface area contributed by atoms with E-state index in [4.69, 9.17) is 0 Å². The van der Waals surface area contributed by atoms with Crippen LogP contribution < -0.4 is 0 Å².